The number of aryl methyl sites for hydroxylation is 1. The van der Waals surface area contributed by atoms with Crippen LogP contribution < -0.4 is 32.9 Å². The lowest BCUT2D eigenvalue weighted by atomic mass is 10.4. The molecule has 0 saturated heterocycles. The summed E-state index contributed by atoms with van der Waals surface area (Å²) in [5.41, 5.74) is 0. The van der Waals surface area contributed by atoms with Gasteiger partial charge < -0.3 is 21.5 Å². The van der Waals surface area contributed by atoms with Crippen LogP contribution in [0.5, 0.6) is 0 Å². The lowest BCUT2D eigenvalue weighted by Crippen LogP contribution is -3.00. The molecule has 0 spiro atoms. The van der Waals surface area contributed by atoms with Gasteiger partial charge in [0.2, 0.25) is 0 Å². The molecule has 27 heavy (non-hydrogen) atoms. The molecule has 1 heterocycles. The summed E-state index contributed by atoms with van der Waals surface area (Å²) in [7, 11) is -1.72. The average molecular weight is 436 g/mol. The van der Waals surface area contributed by atoms with Crippen LogP contribution in [-0.4, -0.2) is 10.7 Å². The van der Waals surface area contributed by atoms with E-state index >= 15 is 0 Å². The number of rotatable bonds is 6. The molecule has 4 aromatic rings. The minimum Gasteiger partial charge on any atom is -1.00 e. The van der Waals surface area contributed by atoms with Gasteiger partial charge in [-0.25, -0.2) is 0 Å². The molecule has 0 unspecified atom stereocenters. The van der Waals surface area contributed by atoms with Gasteiger partial charge in [0, 0.05) is 12.4 Å². The van der Waals surface area contributed by atoms with Crippen molar-refractivity contribution in [1.82, 2.24) is 4.57 Å². The van der Waals surface area contributed by atoms with Crippen LogP contribution in [0.25, 0.3) is 0 Å². The summed E-state index contributed by atoms with van der Waals surface area (Å²) >= 11 is 0. The first kappa shape index (κ1) is 19.6. The van der Waals surface area contributed by atoms with Crippen LogP contribution in [-0.2, 0) is 6.54 Å². The maximum atomic E-state index is 2.31. The summed E-state index contributed by atoms with van der Waals surface area (Å²) in [5, 5.41) is 4.35. The third kappa shape index (κ3) is 4.08. The van der Waals surface area contributed by atoms with Crippen molar-refractivity contribution in [2.45, 2.75) is 6.54 Å². The molecular weight excluding hydrogens is 413 g/mol. The summed E-state index contributed by atoms with van der Waals surface area (Å²) in [4.78, 5) is 0. The molecule has 0 fully saturated rings. The molecule has 0 aliphatic heterocycles. The molecule has 0 saturated carbocycles. The Morgan fingerprint density at radius 3 is 1.26 bits per heavy atom. The summed E-state index contributed by atoms with van der Waals surface area (Å²) in [5.74, 6) is 0. The fourth-order valence-corrected chi connectivity index (χ4v) is 7.91. The molecular formula is C24H23BrNP. The highest BCUT2D eigenvalue weighted by Crippen LogP contribution is 2.55. The summed E-state index contributed by atoms with van der Waals surface area (Å²) in [6.45, 7) is 1.01. The Balaban J connectivity index is 0.00000210. The molecule has 0 amide bonds. The molecule has 0 radical (unpaired) electrons. The van der Waals surface area contributed by atoms with Crippen LogP contribution in [0.4, 0.5) is 0 Å². The molecule has 136 valence electrons. The van der Waals surface area contributed by atoms with Gasteiger partial charge in [-0.1, -0.05) is 54.6 Å². The Labute approximate surface area is 172 Å². The van der Waals surface area contributed by atoms with Gasteiger partial charge in [-0.05, 0) is 48.5 Å². The molecule has 4 rings (SSSR count). The normalized spacial score (nSPS) is 11.0. The van der Waals surface area contributed by atoms with E-state index in [1.165, 1.54) is 15.9 Å². The van der Waals surface area contributed by atoms with Gasteiger partial charge in [0.15, 0.2) is 0 Å². The predicted octanol–water partition coefficient (Wildman–Crippen LogP) is 1.49. The summed E-state index contributed by atoms with van der Waals surface area (Å²) < 4.78 is 2.30. The van der Waals surface area contributed by atoms with E-state index in [9.17, 15) is 0 Å². The molecule has 3 aromatic carbocycles. The number of hydrogen-bond acceptors (Lipinski definition) is 0. The van der Waals surface area contributed by atoms with E-state index in [-0.39, 0.29) is 17.0 Å². The van der Waals surface area contributed by atoms with E-state index in [0.29, 0.717) is 0 Å². The minimum atomic E-state index is -1.72. The van der Waals surface area contributed by atoms with Gasteiger partial charge in [-0.2, -0.15) is 0 Å². The third-order valence-electron chi connectivity index (χ3n) is 4.95. The Hall–Kier alpha value is -2.15. The van der Waals surface area contributed by atoms with Crippen molar-refractivity contribution in [3.63, 3.8) is 0 Å². The molecule has 1 aromatic heterocycles. The third-order valence-corrected chi connectivity index (χ3v) is 9.36. The second kappa shape index (κ2) is 9.17. The Bertz CT molecular complexity index is 825. The topological polar surface area (TPSA) is 4.93 Å². The molecule has 0 aliphatic carbocycles. The maximum absolute atomic E-state index is 2.31. The highest BCUT2D eigenvalue weighted by Gasteiger charge is 2.44. The average Bonchev–Trinajstić information content (AvgIpc) is 3.25. The smallest absolute Gasteiger partial charge is 0.113 e. The fraction of sp³-hybridized carbons (Fsp3) is 0.0833. The van der Waals surface area contributed by atoms with Gasteiger partial charge in [0.25, 0.3) is 0 Å². The largest absolute Gasteiger partial charge is 1.00 e. The zero-order valence-corrected chi connectivity index (χ0v) is 17.6. The van der Waals surface area contributed by atoms with E-state index in [1.54, 1.807) is 0 Å². The second-order valence-electron chi connectivity index (χ2n) is 6.46. The van der Waals surface area contributed by atoms with Gasteiger partial charge in [-0.15, -0.1) is 0 Å². The number of halogens is 1. The Morgan fingerprint density at radius 2 is 0.889 bits per heavy atom. The van der Waals surface area contributed by atoms with E-state index in [0.717, 1.165) is 12.7 Å². The van der Waals surface area contributed by atoms with Crippen molar-refractivity contribution in [3.05, 3.63) is 116 Å². The monoisotopic (exact) mass is 435 g/mol. The molecule has 0 atom stereocenters. The highest BCUT2D eigenvalue weighted by molar-refractivity contribution is 7.95. The van der Waals surface area contributed by atoms with Gasteiger partial charge >= 0.3 is 0 Å². The van der Waals surface area contributed by atoms with Crippen LogP contribution in [0.1, 0.15) is 0 Å². The second-order valence-corrected chi connectivity index (χ2v) is 10.1. The highest BCUT2D eigenvalue weighted by atomic mass is 79.9. The Morgan fingerprint density at radius 1 is 0.519 bits per heavy atom. The predicted molar refractivity (Wildman–Crippen MR) is 114 cm³/mol. The van der Waals surface area contributed by atoms with Gasteiger partial charge in [-0.3, -0.25) is 0 Å². The lowest BCUT2D eigenvalue weighted by molar-refractivity contribution is -0.00000503. The number of benzene rings is 3. The van der Waals surface area contributed by atoms with Crippen molar-refractivity contribution < 1.29 is 17.0 Å². The number of hydrogen-bond donors (Lipinski definition) is 0. The molecule has 3 heteroatoms. The van der Waals surface area contributed by atoms with E-state index in [1.807, 2.05) is 0 Å². The first-order valence-corrected chi connectivity index (χ1v) is 11.0. The van der Waals surface area contributed by atoms with Crippen LogP contribution in [0.15, 0.2) is 116 Å². The number of nitrogens with zero attached hydrogens (tertiary/aromatic N) is 1. The van der Waals surface area contributed by atoms with Crippen molar-refractivity contribution >= 4 is 23.2 Å². The lowest BCUT2D eigenvalue weighted by Gasteiger charge is -2.27. The Kier molecular flexibility index (Phi) is 6.66. The zero-order chi connectivity index (χ0) is 17.7. The fourth-order valence-electron chi connectivity index (χ4n) is 3.67. The first-order valence-electron chi connectivity index (χ1n) is 9.05. The SMILES string of the molecule is [Br-].c1ccc([P+](CCn2cccc2)(c2ccccc2)c2ccccc2)cc1. The summed E-state index contributed by atoms with van der Waals surface area (Å²) in [6.07, 6.45) is 5.44. The van der Waals surface area contributed by atoms with Crippen molar-refractivity contribution in [1.29, 1.82) is 0 Å². The minimum absolute atomic E-state index is 0. The maximum Gasteiger partial charge on any atom is 0.113 e. The van der Waals surface area contributed by atoms with Crippen molar-refractivity contribution in [2.75, 3.05) is 6.16 Å². The quantitative estimate of drug-likeness (QED) is 0.404. The van der Waals surface area contributed by atoms with E-state index in [4.69, 9.17) is 0 Å². The molecule has 1 nitrogen and oxygen atoms in total. The molecule has 0 aliphatic rings. The van der Waals surface area contributed by atoms with Gasteiger partial charge in [0.05, 0.1) is 12.7 Å². The van der Waals surface area contributed by atoms with Crippen LogP contribution in [0.2, 0.25) is 0 Å². The van der Waals surface area contributed by atoms with E-state index in [2.05, 4.69) is 120 Å². The molecule has 0 N–H and O–H groups in total. The van der Waals surface area contributed by atoms with Gasteiger partial charge in [0.1, 0.15) is 23.2 Å². The van der Waals surface area contributed by atoms with Crippen LogP contribution in [0.3, 0.4) is 0 Å². The van der Waals surface area contributed by atoms with Crippen LogP contribution >= 0.6 is 7.26 Å². The molecule has 0 bridgehead atoms. The summed E-state index contributed by atoms with van der Waals surface area (Å²) in [6, 6.07) is 37.4. The van der Waals surface area contributed by atoms with Crippen molar-refractivity contribution in [3.8, 4) is 0 Å². The van der Waals surface area contributed by atoms with Crippen LogP contribution in [0, 0.1) is 0 Å². The van der Waals surface area contributed by atoms with Crippen molar-refractivity contribution in [2.24, 2.45) is 0 Å². The zero-order valence-electron chi connectivity index (χ0n) is 15.2. The number of aromatic nitrogens is 1. The first-order chi connectivity index (χ1) is 12.9. The standard InChI is InChI=1S/C24H23NP.BrH/c1-4-12-22(13-5-1)26(23-14-6-2-7-15-23,24-16-8-3-9-17-24)21-20-25-18-10-11-19-25;/h1-19H,20-21H2;1H/q+1;/p-1. The van der Waals surface area contributed by atoms with E-state index < -0.39 is 7.26 Å².